The third kappa shape index (κ3) is 2.85. The van der Waals surface area contributed by atoms with E-state index in [1.54, 1.807) is 18.6 Å². The Morgan fingerprint density at radius 2 is 2.21 bits per heavy atom. The lowest BCUT2D eigenvalue weighted by atomic mass is 10.1. The fourth-order valence-corrected chi connectivity index (χ4v) is 2.21. The summed E-state index contributed by atoms with van der Waals surface area (Å²) in [6.45, 7) is 3.97. The van der Waals surface area contributed by atoms with Gasteiger partial charge < -0.3 is 10.6 Å². The summed E-state index contributed by atoms with van der Waals surface area (Å²) < 4.78 is 0. The summed E-state index contributed by atoms with van der Waals surface area (Å²) in [5, 5.41) is 6.50. The standard InChI is InChI=1S/C13H16N6/c1-9-6-11(18-12-8-15-4-5-16-12)19-13(17-9)10-2-3-14-7-10/h4-6,8,10,14H,2-3,7H2,1H3,(H,16,17,18,19)/t10-/m1/s1. The molecule has 1 aliphatic heterocycles. The van der Waals surface area contributed by atoms with Gasteiger partial charge in [0.15, 0.2) is 0 Å². The molecule has 1 aliphatic rings. The van der Waals surface area contributed by atoms with Crippen LogP contribution in [0, 0.1) is 6.92 Å². The minimum atomic E-state index is 0.405. The Kier molecular flexibility index (Phi) is 3.33. The SMILES string of the molecule is Cc1cc(Nc2cnccn2)nc([C@@H]2CCNC2)n1. The summed E-state index contributed by atoms with van der Waals surface area (Å²) in [6.07, 6.45) is 6.06. The second-order valence-corrected chi connectivity index (χ2v) is 4.66. The lowest BCUT2D eigenvalue weighted by Gasteiger charge is -2.11. The number of nitrogens with zero attached hydrogens (tertiary/aromatic N) is 4. The maximum absolute atomic E-state index is 4.58. The number of nitrogens with one attached hydrogen (secondary N) is 2. The lowest BCUT2D eigenvalue weighted by molar-refractivity contribution is 0.698. The summed E-state index contributed by atoms with van der Waals surface area (Å²) in [5.41, 5.74) is 0.961. The molecule has 0 unspecified atom stereocenters. The van der Waals surface area contributed by atoms with E-state index in [9.17, 15) is 0 Å². The molecular weight excluding hydrogens is 240 g/mol. The largest absolute Gasteiger partial charge is 0.324 e. The Bertz CT molecular complexity index is 550. The first-order chi connectivity index (χ1) is 9.31. The maximum Gasteiger partial charge on any atom is 0.150 e. The third-order valence-corrected chi connectivity index (χ3v) is 3.12. The smallest absolute Gasteiger partial charge is 0.150 e. The van der Waals surface area contributed by atoms with E-state index in [0.29, 0.717) is 11.7 Å². The van der Waals surface area contributed by atoms with Crippen LogP contribution in [-0.2, 0) is 0 Å². The van der Waals surface area contributed by atoms with Gasteiger partial charge in [0, 0.05) is 36.6 Å². The molecule has 2 aromatic heterocycles. The number of rotatable bonds is 3. The van der Waals surface area contributed by atoms with E-state index >= 15 is 0 Å². The highest BCUT2D eigenvalue weighted by Crippen LogP contribution is 2.21. The van der Waals surface area contributed by atoms with Gasteiger partial charge in [0.1, 0.15) is 17.5 Å². The number of aromatic nitrogens is 4. The molecule has 0 aliphatic carbocycles. The van der Waals surface area contributed by atoms with E-state index in [1.165, 1.54) is 0 Å². The van der Waals surface area contributed by atoms with Gasteiger partial charge in [0.05, 0.1) is 6.20 Å². The van der Waals surface area contributed by atoms with Gasteiger partial charge in [-0.1, -0.05) is 0 Å². The van der Waals surface area contributed by atoms with Crippen molar-refractivity contribution in [1.82, 2.24) is 25.3 Å². The normalized spacial score (nSPS) is 18.5. The van der Waals surface area contributed by atoms with Crippen molar-refractivity contribution >= 4 is 11.6 Å². The van der Waals surface area contributed by atoms with Crippen LogP contribution < -0.4 is 10.6 Å². The van der Waals surface area contributed by atoms with Crippen LogP contribution in [0.1, 0.15) is 23.9 Å². The average Bonchev–Trinajstić information content (AvgIpc) is 2.93. The Hall–Kier alpha value is -2.08. The quantitative estimate of drug-likeness (QED) is 0.864. The molecule has 0 saturated carbocycles. The van der Waals surface area contributed by atoms with E-state index in [2.05, 4.69) is 30.6 Å². The Morgan fingerprint density at radius 1 is 1.26 bits per heavy atom. The van der Waals surface area contributed by atoms with Crippen LogP contribution >= 0.6 is 0 Å². The van der Waals surface area contributed by atoms with Gasteiger partial charge in [-0.05, 0) is 19.9 Å². The summed E-state index contributed by atoms with van der Waals surface area (Å²) in [7, 11) is 0. The monoisotopic (exact) mass is 256 g/mol. The van der Waals surface area contributed by atoms with Gasteiger partial charge in [-0.3, -0.25) is 4.98 Å². The molecule has 6 heteroatoms. The molecule has 3 rings (SSSR count). The molecule has 1 saturated heterocycles. The molecule has 0 bridgehead atoms. The summed E-state index contributed by atoms with van der Waals surface area (Å²) >= 11 is 0. The summed E-state index contributed by atoms with van der Waals surface area (Å²) in [4.78, 5) is 17.3. The molecule has 0 amide bonds. The van der Waals surface area contributed by atoms with Crippen molar-refractivity contribution in [1.29, 1.82) is 0 Å². The van der Waals surface area contributed by atoms with Crippen molar-refractivity contribution < 1.29 is 0 Å². The van der Waals surface area contributed by atoms with Gasteiger partial charge in [0.2, 0.25) is 0 Å². The van der Waals surface area contributed by atoms with Gasteiger partial charge in [0.25, 0.3) is 0 Å². The Balaban J connectivity index is 1.85. The lowest BCUT2D eigenvalue weighted by Crippen LogP contribution is -2.11. The summed E-state index contributed by atoms with van der Waals surface area (Å²) in [5.74, 6) is 2.77. The molecule has 2 N–H and O–H groups in total. The summed E-state index contributed by atoms with van der Waals surface area (Å²) in [6, 6.07) is 1.92. The molecule has 0 radical (unpaired) electrons. The predicted molar refractivity (Wildman–Crippen MR) is 72.3 cm³/mol. The van der Waals surface area contributed by atoms with Crippen molar-refractivity contribution in [3.63, 3.8) is 0 Å². The second kappa shape index (κ2) is 5.27. The van der Waals surface area contributed by atoms with E-state index in [0.717, 1.165) is 36.8 Å². The van der Waals surface area contributed by atoms with Gasteiger partial charge in [-0.25, -0.2) is 15.0 Å². The number of anilines is 2. The van der Waals surface area contributed by atoms with E-state index in [-0.39, 0.29) is 0 Å². The molecule has 1 fully saturated rings. The molecule has 0 spiro atoms. The topological polar surface area (TPSA) is 75.6 Å². The van der Waals surface area contributed by atoms with Crippen molar-refractivity contribution in [3.8, 4) is 0 Å². The molecule has 98 valence electrons. The number of aryl methyl sites for hydroxylation is 1. The Labute approximate surface area is 111 Å². The zero-order valence-electron chi connectivity index (χ0n) is 10.8. The molecule has 1 atom stereocenters. The highest BCUT2D eigenvalue weighted by Gasteiger charge is 2.20. The van der Waals surface area contributed by atoms with Crippen LogP contribution in [0.25, 0.3) is 0 Å². The maximum atomic E-state index is 4.58. The molecule has 3 heterocycles. The fourth-order valence-electron chi connectivity index (χ4n) is 2.21. The van der Waals surface area contributed by atoms with Gasteiger partial charge in [-0.2, -0.15) is 0 Å². The van der Waals surface area contributed by atoms with Crippen LogP contribution in [0.4, 0.5) is 11.6 Å². The van der Waals surface area contributed by atoms with Crippen LogP contribution in [0.15, 0.2) is 24.7 Å². The zero-order valence-corrected chi connectivity index (χ0v) is 10.8. The third-order valence-electron chi connectivity index (χ3n) is 3.12. The predicted octanol–water partition coefficient (Wildman–Crippen LogP) is 1.40. The highest BCUT2D eigenvalue weighted by molar-refractivity contribution is 5.50. The van der Waals surface area contributed by atoms with Crippen molar-refractivity contribution in [3.05, 3.63) is 36.2 Å². The number of hydrogen-bond acceptors (Lipinski definition) is 6. The minimum Gasteiger partial charge on any atom is -0.324 e. The second-order valence-electron chi connectivity index (χ2n) is 4.66. The molecule has 0 aromatic carbocycles. The first-order valence-electron chi connectivity index (χ1n) is 6.40. The Morgan fingerprint density at radius 3 is 2.95 bits per heavy atom. The average molecular weight is 256 g/mol. The van der Waals surface area contributed by atoms with Crippen LogP contribution in [0.3, 0.4) is 0 Å². The van der Waals surface area contributed by atoms with E-state index in [1.807, 2.05) is 13.0 Å². The van der Waals surface area contributed by atoms with Gasteiger partial charge >= 0.3 is 0 Å². The molecule has 2 aromatic rings. The van der Waals surface area contributed by atoms with Crippen molar-refractivity contribution in [2.75, 3.05) is 18.4 Å². The van der Waals surface area contributed by atoms with Crippen molar-refractivity contribution in [2.45, 2.75) is 19.3 Å². The molecule has 6 nitrogen and oxygen atoms in total. The van der Waals surface area contributed by atoms with E-state index < -0.39 is 0 Å². The first kappa shape index (κ1) is 12.0. The number of hydrogen-bond donors (Lipinski definition) is 2. The van der Waals surface area contributed by atoms with E-state index in [4.69, 9.17) is 0 Å². The highest BCUT2D eigenvalue weighted by atomic mass is 15.1. The first-order valence-corrected chi connectivity index (χ1v) is 6.40. The molecule has 19 heavy (non-hydrogen) atoms. The zero-order chi connectivity index (χ0) is 13.1. The van der Waals surface area contributed by atoms with Gasteiger partial charge in [-0.15, -0.1) is 0 Å². The van der Waals surface area contributed by atoms with Crippen LogP contribution in [0.5, 0.6) is 0 Å². The van der Waals surface area contributed by atoms with Crippen LogP contribution in [-0.4, -0.2) is 33.0 Å². The van der Waals surface area contributed by atoms with Crippen LogP contribution in [0.2, 0.25) is 0 Å². The van der Waals surface area contributed by atoms with Crippen molar-refractivity contribution in [2.24, 2.45) is 0 Å². The molecular formula is C13H16N6. The minimum absolute atomic E-state index is 0.405. The fraction of sp³-hybridized carbons (Fsp3) is 0.385.